The first-order valence-corrected chi connectivity index (χ1v) is 12.8. The molecule has 6 rings (SSSR count). The molecular weight excluding hydrogens is 438 g/mol. The number of anilines is 2. The van der Waals surface area contributed by atoms with Gasteiger partial charge in [-0.1, -0.05) is 37.8 Å². The molecule has 0 amide bonds. The van der Waals surface area contributed by atoms with Crippen LogP contribution in [0.1, 0.15) is 63.0 Å². The molecule has 35 heavy (non-hydrogen) atoms. The largest absolute Gasteiger partial charge is 0.364 e. The molecule has 182 valence electrons. The van der Waals surface area contributed by atoms with Crippen LogP contribution in [0.5, 0.6) is 0 Å². The molecule has 9 heteroatoms. The smallest absolute Gasteiger partial charge is 0.227 e. The maximum Gasteiger partial charge on any atom is 0.227 e. The van der Waals surface area contributed by atoms with E-state index in [2.05, 4.69) is 44.6 Å². The van der Waals surface area contributed by atoms with Crippen molar-refractivity contribution in [2.24, 2.45) is 5.73 Å². The molecule has 4 N–H and O–H groups in total. The molecule has 0 saturated heterocycles. The summed E-state index contributed by atoms with van der Waals surface area (Å²) in [5, 5.41) is 11.4. The van der Waals surface area contributed by atoms with Crippen LogP contribution in [0.3, 0.4) is 0 Å². The second-order valence-corrected chi connectivity index (χ2v) is 9.83. The number of aromatic nitrogens is 6. The first-order chi connectivity index (χ1) is 17.2. The number of nitrogens with zero attached hydrogens (tertiary/aromatic N) is 6. The van der Waals surface area contributed by atoms with Gasteiger partial charge < -0.3 is 20.9 Å². The highest BCUT2D eigenvalue weighted by atomic mass is 15.3. The van der Waals surface area contributed by atoms with Gasteiger partial charge in [-0.15, -0.1) is 0 Å². The molecule has 2 aliphatic rings. The van der Waals surface area contributed by atoms with Crippen LogP contribution in [-0.4, -0.2) is 41.4 Å². The summed E-state index contributed by atoms with van der Waals surface area (Å²) in [4.78, 5) is 14.5. The minimum Gasteiger partial charge on any atom is -0.364 e. The van der Waals surface area contributed by atoms with Crippen molar-refractivity contribution in [2.45, 2.75) is 76.0 Å². The molecule has 0 aliphatic heterocycles. The molecular formula is C26H33N9. The van der Waals surface area contributed by atoms with E-state index in [1.54, 1.807) is 6.20 Å². The average molecular weight is 472 g/mol. The van der Waals surface area contributed by atoms with Crippen LogP contribution < -0.4 is 16.4 Å². The number of rotatable bonds is 7. The summed E-state index contributed by atoms with van der Waals surface area (Å²) in [5.41, 5.74) is 10.3. The van der Waals surface area contributed by atoms with Gasteiger partial charge in [-0.05, 0) is 49.4 Å². The maximum atomic E-state index is 6.41. The third-order valence-corrected chi connectivity index (χ3v) is 7.44. The number of imidazole rings is 1. The first kappa shape index (κ1) is 22.0. The third-order valence-electron chi connectivity index (χ3n) is 7.44. The summed E-state index contributed by atoms with van der Waals surface area (Å²) in [6.07, 6.45) is 15.0. The van der Waals surface area contributed by atoms with Gasteiger partial charge >= 0.3 is 0 Å². The van der Waals surface area contributed by atoms with Gasteiger partial charge in [0.25, 0.3) is 0 Å². The molecule has 3 aromatic heterocycles. The highest BCUT2D eigenvalue weighted by molar-refractivity contribution is 5.84. The van der Waals surface area contributed by atoms with Gasteiger partial charge in [0, 0.05) is 37.1 Å². The van der Waals surface area contributed by atoms with E-state index < -0.39 is 0 Å². The third kappa shape index (κ3) is 4.60. The molecule has 4 aromatic rings. The average Bonchev–Trinajstić information content (AvgIpc) is 3.66. The number of nitrogens with one attached hydrogen (secondary N) is 2. The van der Waals surface area contributed by atoms with E-state index >= 15 is 0 Å². The van der Waals surface area contributed by atoms with E-state index in [1.807, 2.05) is 23.3 Å². The summed E-state index contributed by atoms with van der Waals surface area (Å²) in [5.74, 6) is 1.39. The van der Waals surface area contributed by atoms with Crippen molar-refractivity contribution in [2.75, 3.05) is 10.6 Å². The Kier molecular flexibility index (Phi) is 6.08. The van der Waals surface area contributed by atoms with Crippen molar-refractivity contribution >= 4 is 22.9 Å². The summed E-state index contributed by atoms with van der Waals surface area (Å²) in [7, 11) is 0. The van der Waals surface area contributed by atoms with Gasteiger partial charge in [-0.3, -0.25) is 0 Å². The molecule has 2 atom stereocenters. The molecule has 2 unspecified atom stereocenters. The normalized spacial score (nSPS) is 20.9. The van der Waals surface area contributed by atoms with E-state index in [9.17, 15) is 0 Å². The number of hydrogen-bond donors (Lipinski definition) is 3. The van der Waals surface area contributed by atoms with Gasteiger partial charge in [0.2, 0.25) is 5.95 Å². The summed E-state index contributed by atoms with van der Waals surface area (Å²) in [6.45, 7) is 0.643. The van der Waals surface area contributed by atoms with Crippen molar-refractivity contribution in [3.05, 3.63) is 54.6 Å². The second-order valence-electron chi connectivity index (χ2n) is 9.83. The Morgan fingerprint density at radius 1 is 0.971 bits per heavy atom. The van der Waals surface area contributed by atoms with Crippen LogP contribution in [0.15, 0.2) is 49.1 Å². The van der Waals surface area contributed by atoms with E-state index in [-0.39, 0.29) is 12.1 Å². The van der Waals surface area contributed by atoms with Gasteiger partial charge in [0.15, 0.2) is 17.0 Å². The van der Waals surface area contributed by atoms with Crippen LogP contribution >= 0.6 is 0 Å². The highest BCUT2D eigenvalue weighted by Gasteiger charge is 2.25. The fraction of sp³-hybridized carbons (Fsp3) is 0.462. The summed E-state index contributed by atoms with van der Waals surface area (Å²) >= 11 is 0. The number of nitrogens with two attached hydrogens (primary N) is 1. The number of fused-ring (bicyclic) bond motifs is 1. The molecule has 0 bridgehead atoms. The van der Waals surface area contributed by atoms with Crippen LogP contribution in [0.2, 0.25) is 0 Å². The molecule has 3 heterocycles. The predicted molar refractivity (Wildman–Crippen MR) is 138 cm³/mol. The molecule has 2 aliphatic carbocycles. The van der Waals surface area contributed by atoms with Crippen LogP contribution in [-0.2, 0) is 6.54 Å². The monoisotopic (exact) mass is 471 g/mol. The zero-order valence-corrected chi connectivity index (χ0v) is 20.0. The fourth-order valence-corrected chi connectivity index (χ4v) is 5.43. The van der Waals surface area contributed by atoms with Crippen molar-refractivity contribution in [1.82, 2.24) is 29.3 Å². The lowest BCUT2D eigenvalue weighted by Gasteiger charge is -2.29. The topological polar surface area (TPSA) is 112 Å². The standard InChI is InChI=1S/C26H33N9/c27-21-8-3-4-9-22(21)31-26-32-24(23-25(33-26)34(17-29-23)19-6-1-2-7-19)28-16-18-10-12-20(13-11-18)35-15-5-14-30-35/h5,10-15,17,19,21-22H,1-4,6-9,16,27H2,(H2,28,31,32,33). The summed E-state index contributed by atoms with van der Waals surface area (Å²) in [6, 6.07) is 11.1. The summed E-state index contributed by atoms with van der Waals surface area (Å²) < 4.78 is 4.11. The van der Waals surface area contributed by atoms with Crippen LogP contribution in [0, 0.1) is 0 Å². The van der Waals surface area contributed by atoms with Gasteiger partial charge in [-0.2, -0.15) is 15.1 Å². The van der Waals surface area contributed by atoms with E-state index in [0.717, 1.165) is 41.1 Å². The van der Waals surface area contributed by atoms with Crippen molar-refractivity contribution in [3.63, 3.8) is 0 Å². The van der Waals surface area contributed by atoms with Crippen LogP contribution in [0.25, 0.3) is 16.9 Å². The Morgan fingerprint density at radius 3 is 2.54 bits per heavy atom. The highest BCUT2D eigenvalue weighted by Crippen LogP contribution is 2.33. The zero-order valence-electron chi connectivity index (χ0n) is 20.0. The van der Waals surface area contributed by atoms with Gasteiger partial charge in [-0.25, -0.2) is 9.67 Å². The lowest BCUT2D eigenvalue weighted by atomic mass is 9.91. The lowest BCUT2D eigenvalue weighted by Crippen LogP contribution is -2.43. The minimum absolute atomic E-state index is 0.132. The zero-order chi connectivity index (χ0) is 23.6. The van der Waals surface area contributed by atoms with Gasteiger partial charge in [0.1, 0.15) is 0 Å². The quantitative estimate of drug-likeness (QED) is 0.366. The number of benzene rings is 1. The Bertz CT molecular complexity index is 1260. The molecule has 2 saturated carbocycles. The predicted octanol–water partition coefficient (Wildman–Crippen LogP) is 4.42. The minimum atomic E-state index is 0.132. The SMILES string of the molecule is NC1CCCCC1Nc1nc(NCc2ccc(-n3cccn3)cc2)c2ncn(C3CCCC3)c2n1. The van der Waals surface area contributed by atoms with Gasteiger partial charge in [0.05, 0.1) is 12.0 Å². The Hall–Kier alpha value is -3.46. The first-order valence-electron chi connectivity index (χ1n) is 12.8. The van der Waals surface area contributed by atoms with Crippen molar-refractivity contribution < 1.29 is 0 Å². The van der Waals surface area contributed by atoms with E-state index in [0.29, 0.717) is 18.5 Å². The molecule has 9 nitrogen and oxygen atoms in total. The Labute approximate surface area is 205 Å². The van der Waals surface area contributed by atoms with Crippen LogP contribution in [0.4, 0.5) is 11.8 Å². The Balaban J connectivity index is 1.27. The molecule has 2 fully saturated rings. The Morgan fingerprint density at radius 2 is 1.77 bits per heavy atom. The second kappa shape index (κ2) is 9.65. The van der Waals surface area contributed by atoms with Crippen molar-refractivity contribution in [1.29, 1.82) is 0 Å². The maximum absolute atomic E-state index is 6.41. The number of hydrogen-bond acceptors (Lipinski definition) is 7. The molecule has 0 radical (unpaired) electrons. The van der Waals surface area contributed by atoms with E-state index in [1.165, 1.54) is 38.5 Å². The molecule has 0 spiro atoms. The van der Waals surface area contributed by atoms with Crippen molar-refractivity contribution in [3.8, 4) is 5.69 Å². The molecule has 1 aromatic carbocycles. The fourth-order valence-electron chi connectivity index (χ4n) is 5.43. The lowest BCUT2D eigenvalue weighted by molar-refractivity contribution is 0.402. The van der Waals surface area contributed by atoms with E-state index in [4.69, 9.17) is 20.7 Å².